The molecule has 1 aromatic carbocycles. The van der Waals surface area contributed by atoms with Crippen LogP contribution in [0.25, 0.3) is 34.1 Å². The molecule has 0 atom stereocenters. The van der Waals surface area contributed by atoms with E-state index in [2.05, 4.69) is 20.1 Å². The van der Waals surface area contributed by atoms with E-state index in [9.17, 15) is 0 Å². The van der Waals surface area contributed by atoms with Crippen LogP contribution >= 0.6 is 0 Å². The van der Waals surface area contributed by atoms with Crippen LogP contribution in [0.15, 0.2) is 59.5 Å². The van der Waals surface area contributed by atoms with Crippen LogP contribution < -0.4 is 0 Å². The monoisotopic (exact) mass is 329 g/mol. The Morgan fingerprint density at radius 2 is 1.80 bits per heavy atom. The van der Waals surface area contributed by atoms with E-state index >= 15 is 0 Å². The van der Waals surface area contributed by atoms with Gasteiger partial charge in [-0.05, 0) is 13.8 Å². The quantitative estimate of drug-likeness (QED) is 0.568. The van der Waals surface area contributed by atoms with Crippen molar-refractivity contribution < 1.29 is 4.52 Å². The Balaban J connectivity index is 1.98. The van der Waals surface area contributed by atoms with Crippen molar-refractivity contribution in [3.05, 3.63) is 66.4 Å². The van der Waals surface area contributed by atoms with Crippen molar-refractivity contribution in [3.63, 3.8) is 0 Å². The zero-order valence-corrected chi connectivity index (χ0v) is 13.8. The van der Waals surface area contributed by atoms with Gasteiger partial charge in [0.05, 0.1) is 28.8 Å². The van der Waals surface area contributed by atoms with E-state index in [1.165, 1.54) is 0 Å². The zero-order valence-electron chi connectivity index (χ0n) is 13.8. The molecule has 0 saturated heterocycles. The summed E-state index contributed by atoms with van der Waals surface area (Å²) in [5.41, 5.74) is 4.83. The molecule has 25 heavy (non-hydrogen) atoms. The number of nitrogens with zero attached hydrogens (tertiary/aromatic N) is 5. The maximum Gasteiger partial charge on any atom is 0.180 e. The van der Waals surface area contributed by atoms with Crippen LogP contribution in [-0.4, -0.2) is 25.1 Å². The Labute approximate surface area is 144 Å². The molecule has 0 fully saturated rings. The Bertz CT molecular complexity index is 1010. The second-order valence-electron chi connectivity index (χ2n) is 5.65. The first-order valence-electron chi connectivity index (χ1n) is 7.86. The molecular formula is C19H15N5O. The first kappa shape index (κ1) is 15.1. The number of benzene rings is 1. The van der Waals surface area contributed by atoms with E-state index in [0.717, 1.165) is 28.2 Å². The number of aryl methyl sites for hydroxylation is 2. The van der Waals surface area contributed by atoms with Crippen molar-refractivity contribution >= 4 is 0 Å². The maximum absolute atomic E-state index is 5.48. The van der Waals surface area contributed by atoms with E-state index in [1.54, 1.807) is 18.6 Å². The van der Waals surface area contributed by atoms with Crippen molar-refractivity contribution in [2.24, 2.45) is 0 Å². The Morgan fingerprint density at radius 1 is 0.960 bits per heavy atom. The summed E-state index contributed by atoms with van der Waals surface area (Å²) in [6.45, 7) is 3.82. The number of rotatable bonds is 3. The summed E-state index contributed by atoms with van der Waals surface area (Å²) in [5, 5.41) is 4.00. The van der Waals surface area contributed by atoms with Gasteiger partial charge in [0.2, 0.25) is 0 Å². The van der Waals surface area contributed by atoms with Crippen LogP contribution in [0.2, 0.25) is 0 Å². The molecular weight excluding hydrogens is 314 g/mol. The fourth-order valence-electron chi connectivity index (χ4n) is 2.68. The van der Waals surface area contributed by atoms with Crippen LogP contribution in [-0.2, 0) is 0 Å². The minimum Gasteiger partial charge on any atom is -0.356 e. The van der Waals surface area contributed by atoms with E-state index < -0.39 is 0 Å². The maximum atomic E-state index is 5.48. The second-order valence-corrected chi connectivity index (χ2v) is 5.65. The van der Waals surface area contributed by atoms with Gasteiger partial charge in [-0.25, -0.2) is 15.0 Å². The normalized spacial score (nSPS) is 10.8. The van der Waals surface area contributed by atoms with Crippen LogP contribution in [0.1, 0.15) is 11.4 Å². The summed E-state index contributed by atoms with van der Waals surface area (Å²) in [6.07, 6.45) is 4.91. The highest BCUT2D eigenvalue weighted by Gasteiger charge is 2.19. The van der Waals surface area contributed by atoms with E-state index in [-0.39, 0.29) is 0 Å². The molecule has 0 aliphatic rings. The predicted octanol–water partition coefficient (Wildman–Crippen LogP) is 3.87. The largest absolute Gasteiger partial charge is 0.356 e. The molecule has 0 saturated carbocycles. The third-order valence-electron chi connectivity index (χ3n) is 3.80. The predicted molar refractivity (Wildman–Crippen MR) is 93.5 cm³/mol. The highest BCUT2D eigenvalue weighted by molar-refractivity contribution is 5.81. The summed E-state index contributed by atoms with van der Waals surface area (Å²) >= 11 is 0. The van der Waals surface area contributed by atoms with E-state index in [0.29, 0.717) is 17.3 Å². The molecule has 122 valence electrons. The number of aromatic nitrogens is 5. The van der Waals surface area contributed by atoms with Crippen LogP contribution in [0.5, 0.6) is 0 Å². The number of hydrogen-bond donors (Lipinski definition) is 0. The molecule has 0 spiro atoms. The molecule has 0 bridgehead atoms. The van der Waals surface area contributed by atoms with Crippen molar-refractivity contribution in [3.8, 4) is 34.1 Å². The summed E-state index contributed by atoms with van der Waals surface area (Å²) in [5.74, 6) is 1.18. The Morgan fingerprint density at radius 3 is 2.48 bits per heavy atom. The van der Waals surface area contributed by atoms with Crippen molar-refractivity contribution in [2.75, 3.05) is 0 Å². The standard InChI is InChI=1S/C19H15N5O/c1-12-10-16(25-24-12)17-13(2)22-19(15-11-20-8-9-21-15)23-18(17)14-6-4-3-5-7-14/h3-11H,1-2H3. The lowest BCUT2D eigenvalue weighted by Crippen LogP contribution is -2.01. The molecule has 0 unspecified atom stereocenters. The Hall–Kier alpha value is -3.41. The van der Waals surface area contributed by atoms with Gasteiger partial charge >= 0.3 is 0 Å². The molecule has 0 aliphatic carbocycles. The molecule has 0 radical (unpaired) electrons. The number of hydrogen-bond acceptors (Lipinski definition) is 6. The Kier molecular flexibility index (Phi) is 3.78. The lowest BCUT2D eigenvalue weighted by molar-refractivity contribution is 0.426. The second kappa shape index (κ2) is 6.24. The average Bonchev–Trinajstić information content (AvgIpc) is 3.08. The molecule has 4 aromatic rings. The SMILES string of the molecule is Cc1cc(-c2c(C)nc(-c3cnccn3)nc2-c2ccccc2)on1. The van der Waals surface area contributed by atoms with Gasteiger partial charge in [0.1, 0.15) is 5.69 Å². The smallest absolute Gasteiger partial charge is 0.180 e. The lowest BCUT2D eigenvalue weighted by Gasteiger charge is -2.11. The molecule has 6 heteroatoms. The average molecular weight is 329 g/mol. The van der Waals surface area contributed by atoms with Gasteiger partial charge in [-0.3, -0.25) is 4.98 Å². The van der Waals surface area contributed by atoms with Crippen molar-refractivity contribution in [1.29, 1.82) is 0 Å². The lowest BCUT2D eigenvalue weighted by atomic mass is 10.0. The van der Waals surface area contributed by atoms with Gasteiger partial charge in [0.25, 0.3) is 0 Å². The summed E-state index contributed by atoms with van der Waals surface area (Å²) in [4.78, 5) is 17.8. The fourth-order valence-corrected chi connectivity index (χ4v) is 2.68. The van der Waals surface area contributed by atoms with Crippen molar-refractivity contribution in [1.82, 2.24) is 25.1 Å². The molecule has 6 nitrogen and oxygen atoms in total. The third-order valence-corrected chi connectivity index (χ3v) is 3.80. The van der Waals surface area contributed by atoms with E-state index in [4.69, 9.17) is 9.51 Å². The van der Waals surface area contributed by atoms with Crippen molar-refractivity contribution in [2.45, 2.75) is 13.8 Å². The molecule has 0 amide bonds. The van der Waals surface area contributed by atoms with Gasteiger partial charge in [-0.2, -0.15) is 0 Å². The highest BCUT2D eigenvalue weighted by Crippen LogP contribution is 2.34. The molecule has 3 aromatic heterocycles. The first-order chi connectivity index (χ1) is 12.2. The third kappa shape index (κ3) is 2.89. The minimum atomic E-state index is 0.532. The molecule has 0 N–H and O–H groups in total. The topological polar surface area (TPSA) is 77.6 Å². The molecule has 0 aliphatic heterocycles. The van der Waals surface area contributed by atoms with Gasteiger partial charge in [-0.1, -0.05) is 35.5 Å². The first-order valence-corrected chi connectivity index (χ1v) is 7.86. The zero-order chi connectivity index (χ0) is 17.2. The summed E-state index contributed by atoms with van der Waals surface area (Å²) < 4.78 is 5.48. The van der Waals surface area contributed by atoms with Crippen LogP contribution in [0.3, 0.4) is 0 Å². The van der Waals surface area contributed by atoms with Gasteiger partial charge in [-0.15, -0.1) is 0 Å². The van der Waals surface area contributed by atoms with E-state index in [1.807, 2.05) is 50.2 Å². The fraction of sp³-hybridized carbons (Fsp3) is 0.105. The van der Waals surface area contributed by atoms with Gasteiger partial charge < -0.3 is 4.52 Å². The molecule has 3 heterocycles. The van der Waals surface area contributed by atoms with Gasteiger partial charge in [0, 0.05) is 24.0 Å². The van der Waals surface area contributed by atoms with Crippen LogP contribution in [0, 0.1) is 13.8 Å². The minimum absolute atomic E-state index is 0.532. The highest BCUT2D eigenvalue weighted by atomic mass is 16.5. The molecule has 4 rings (SSSR count). The summed E-state index contributed by atoms with van der Waals surface area (Å²) in [7, 11) is 0. The van der Waals surface area contributed by atoms with Gasteiger partial charge in [0.15, 0.2) is 11.6 Å². The summed E-state index contributed by atoms with van der Waals surface area (Å²) in [6, 6.07) is 11.8. The van der Waals surface area contributed by atoms with Crippen LogP contribution in [0.4, 0.5) is 0 Å².